The molecule has 4 aromatic rings. The van der Waals surface area contributed by atoms with Gasteiger partial charge in [0, 0.05) is 10.4 Å². The lowest BCUT2D eigenvalue weighted by molar-refractivity contribution is 0.0519. The molecule has 0 saturated carbocycles. The molecule has 6 heteroatoms. The number of H-pyrrole nitrogens is 1. The molecule has 0 bridgehead atoms. The van der Waals surface area contributed by atoms with E-state index in [-0.39, 0.29) is 0 Å². The lowest BCUT2D eigenvalue weighted by Gasteiger charge is -2.09. The van der Waals surface area contributed by atoms with E-state index in [1.54, 1.807) is 25.3 Å². The van der Waals surface area contributed by atoms with Gasteiger partial charge in [0.15, 0.2) is 5.69 Å². The Hall–Kier alpha value is -3.05. The third-order valence-electron chi connectivity index (χ3n) is 4.38. The van der Waals surface area contributed by atoms with Crippen LogP contribution in [0.2, 0.25) is 5.02 Å². The van der Waals surface area contributed by atoms with Crippen LogP contribution in [0.15, 0.2) is 48.7 Å². The lowest BCUT2D eigenvalue weighted by Crippen LogP contribution is -2.09. The summed E-state index contributed by atoms with van der Waals surface area (Å²) in [7, 11) is 0. The molecule has 2 heterocycles. The van der Waals surface area contributed by atoms with Crippen molar-refractivity contribution < 1.29 is 14.3 Å². The van der Waals surface area contributed by atoms with Crippen LogP contribution in [0.3, 0.4) is 0 Å². The molecule has 0 aliphatic rings. The van der Waals surface area contributed by atoms with Gasteiger partial charge in [-0.3, -0.25) is 0 Å². The molecule has 4 rings (SSSR count). The summed E-state index contributed by atoms with van der Waals surface area (Å²) in [6, 6.07) is 13.0. The Morgan fingerprint density at radius 2 is 1.89 bits per heavy atom. The largest absolute Gasteiger partial charge is 0.461 e. The van der Waals surface area contributed by atoms with E-state index in [2.05, 4.69) is 9.97 Å². The number of aromatic nitrogens is 2. The highest BCUT2D eigenvalue weighted by Gasteiger charge is 2.19. The molecule has 0 fully saturated rings. The van der Waals surface area contributed by atoms with E-state index in [1.165, 1.54) is 0 Å². The minimum atomic E-state index is -0.428. The number of fused-ring (bicyclic) bond motifs is 3. The van der Waals surface area contributed by atoms with Crippen LogP contribution in [-0.2, 0) is 4.74 Å². The standard InChI is InChI=1S/C21H17ClN2O3/c1-3-26-21(25)20-12(2)18-16(11-23-20)24-15-5-4-6-17(19(15)18)27-14-9-7-13(22)8-10-14/h4-11,24H,3H2,1-2H3. The Bertz CT molecular complexity index is 1150. The van der Waals surface area contributed by atoms with Crippen molar-refractivity contribution in [3.8, 4) is 11.5 Å². The van der Waals surface area contributed by atoms with Gasteiger partial charge in [-0.2, -0.15) is 0 Å². The van der Waals surface area contributed by atoms with Crippen molar-refractivity contribution in [2.75, 3.05) is 6.61 Å². The van der Waals surface area contributed by atoms with Crippen LogP contribution in [0.1, 0.15) is 23.0 Å². The number of nitrogens with one attached hydrogen (secondary N) is 1. The summed E-state index contributed by atoms with van der Waals surface area (Å²) in [5, 5.41) is 2.44. The van der Waals surface area contributed by atoms with Gasteiger partial charge in [-0.15, -0.1) is 0 Å². The van der Waals surface area contributed by atoms with Crippen molar-refractivity contribution in [1.29, 1.82) is 0 Å². The molecule has 0 radical (unpaired) electrons. The van der Waals surface area contributed by atoms with Crippen LogP contribution >= 0.6 is 11.6 Å². The fourth-order valence-electron chi connectivity index (χ4n) is 3.19. The highest BCUT2D eigenvalue weighted by Crippen LogP contribution is 2.37. The van der Waals surface area contributed by atoms with E-state index in [1.807, 2.05) is 37.3 Å². The zero-order valence-electron chi connectivity index (χ0n) is 14.9. The number of halogens is 1. The van der Waals surface area contributed by atoms with Gasteiger partial charge in [0.2, 0.25) is 0 Å². The zero-order valence-corrected chi connectivity index (χ0v) is 15.6. The molecular formula is C21H17ClN2O3. The van der Waals surface area contributed by atoms with Gasteiger partial charge in [0.25, 0.3) is 0 Å². The van der Waals surface area contributed by atoms with Crippen LogP contribution in [0.4, 0.5) is 0 Å². The SMILES string of the molecule is CCOC(=O)c1ncc2[nH]c3cccc(Oc4ccc(Cl)cc4)c3c2c1C. The highest BCUT2D eigenvalue weighted by molar-refractivity contribution is 6.30. The topological polar surface area (TPSA) is 64.2 Å². The number of benzene rings is 2. The number of carbonyl (C=O) groups is 1. The second-order valence-corrected chi connectivity index (χ2v) is 6.54. The van der Waals surface area contributed by atoms with E-state index >= 15 is 0 Å². The number of nitrogens with zero attached hydrogens (tertiary/aromatic N) is 1. The van der Waals surface area contributed by atoms with Gasteiger partial charge in [0.05, 0.1) is 29.2 Å². The first-order valence-electron chi connectivity index (χ1n) is 8.59. The number of hydrogen-bond acceptors (Lipinski definition) is 4. The second-order valence-electron chi connectivity index (χ2n) is 6.10. The normalized spacial score (nSPS) is 11.1. The molecule has 0 aliphatic heterocycles. The molecule has 0 unspecified atom stereocenters. The third kappa shape index (κ3) is 3.11. The van der Waals surface area contributed by atoms with Crippen molar-refractivity contribution in [2.24, 2.45) is 0 Å². The monoisotopic (exact) mass is 380 g/mol. The molecule has 2 aromatic carbocycles. The van der Waals surface area contributed by atoms with Crippen LogP contribution in [0.25, 0.3) is 21.8 Å². The van der Waals surface area contributed by atoms with Gasteiger partial charge in [0.1, 0.15) is 11.5 Å². The summed E-state index contributed by atoms with van der Waals surface area (Å²) < 4.78 is 11.2. The minimum absolute atomic E-state index is 0.302. The van der Waals surface area contributed by atoms with Crippen molar-refractivity contribution in [2.45, 2.75) is 13.8 Å². The highest BCUT2D eigenvalue weighted by atomic mass is 35.5. The van der Waals surface area contributed by atoms with Crippen LogP contribution in [0.5, 0.6) is 11.5 Å². The zero-order chi connectivity index (χ0) is 19.0. The van der Waals surface area contributed by atoms with Crippen molar-refractivity contribution in [3.63, 3.8) is 0 Å². The average Bonchev–Trinajstić information content (AvgIpc) is 3.04. The van der Waals surface area contributed by atoms with Crippen molar-refractivity contribution in [1.82, 2.24) is 9.97 Å². The quantitative estimate of drug-likeness (QED) is 0.465. The van der Waals surface area contributed by atoms with E-state index < -0.39 is 5.97 Å². The molecule has 27 heavy (non-hydrogen) atoms. The molecule has 0 atom stereocenters. The fourth-order valence-corrected chi connectivity index (χ4v) is 3.31. The van der Waals surface area contributed by atoms with Gasteiger partial charge in [-0.1, -0.05) is 17.7 Å². The third-order valence-corrected chi connectivity index (χ3v) is 4.63. The van der Waals surface area contributed by atoms with E-state index in [0.29, 0.717) is 28.8 Å². The Labute approximate surface area is 160 Å². The Kier molecular flexibility index (Phi) is 4.46. The number of carbonyl (C=O) groups excluding carboxylic acids is 1. The number of aryl methyl sites for hydroxylation is 1. The molecular weight excluding hydrogens is 364 g/mol. The molecule has 5 nitrogen and oxygen atoms in total. The summed E-state index contributed by atoms with van der Waals surface area (Å²) in [4.78, 5) is 19.9. The van der Waals surface area contributed by atoms with E-state index in [4.69, 9.17) is 21.1 Å². The number of ether oxygens (including phenoxy) is 2. The summed E-state index contributed by atoms with van der Waals surface area (Å²) in [6.07, 6.45) is 1.65. The van der Waals surface area contributed by atoms with E-state index in [0.717, 1.165) is 27.4 Å². The number of pyridine rings is 1. The van der Waals surface area contributed by atoms with Crippen molar-refractivity contribution in [3.05, 3.63) is 64.9 Å². The van der Waals surface area contributed by atoms with Crippen LogP contribution in [-0.4, -0.2) is 22.5 Å². The fraction of sp³-hybridized carbons (Fsp3) is 0.143. The maximum atomic E-state index is 12.2. The molecule has 136 valence electrons. The first-order chi connectivity index (χ1) is 13.1. The maximum Gasteiger partial charge on any atom is 0.357 e. The summed E-state index contributed by atoms with van der Waals surface area (Å²) in [5.74, 6) is 0.936. The Balaban J connectivity index is 1.91. The maximum absolute atomic E-state index is 12.2. The lowest BCUT2D eigenvalue weighted by atomic mass is 10.1. The molecule has 0 saturated heterocycles. The van der Waals surface area contributed by atoms with Gasteiger partial charge in [-0.05, 0) is 55.8 Å². The molecule has 2 aromatic heterocycles. The second kappa shape index (κ2) is 6.93. The predicted molar refractivity (Wildman–Crippen MR) is 106 cm³/mol. The van der Waals surface area contributed by atoms with Gasteiger partial charge < -0.3 is 14.5 Å². The first-order valence-corrected chi connectivity index (χ1v) is 8.97. The van der Waals surface area contributed by atoms with E-state index in [9.17, 15) is 4.79 Å². The molecule has 0 aliphatic carbocycles. The van der Waals surface area contributed by atoms with Gasteiger partial charge in [-0.25, -0.2) is 9.78 Å². The molecule has 0 spiro atoms. The smallest absolute Gasteiger partial charge is 0.357 e. The van der Waals surface area contributed by atoms with Crippen LogP contribution in [0, 0.1) is 6.92 Å². The number of aromatic amines is 1. The number of rotatable bonds is 4. The molecule has 0 amide bonds. The minimum Gasteiger partial charge on any atom is -0.461 e. The summed E-state index contributed by atoms with van der Waals surface area (Å²) >= 11 is 5.95. The molecule has 1 N–H and O–H groups in total. The Morgan fingerprint density at radius 3 is 2.63 bits per heavy atom. The number of esters is 1. The first kappa shape index (κ1) is 17.4. The van der Waals surface area contributed by atoms with Crippen molar-refractivity contribution >= 4 is 39.4 Å². The van der Waals surface area contributed by atoms with Gasteiger partial charge >= 0.3 is 5.97 Å². The average molecular weight is 381 g/mol. The summed E-state index contributed by atoms with van der Waals surface area (Å²) in [6.45, 7) is 3.94. The summed E-state index contributed by atoms with van der Waals surface area (Å²) in [5.41, 5.74) is 2.81. The number of hydrogen-bond donors (Lipinski definition) is 1. The van der Waals surface area contributed by atoms with Crippen LogP contribution < -0.4 is 4.74 Å². The predicted octanol–water partition coefficient (Wildman–Crippen LogP) is 5.65. The Morgan fingerprint density at radius 1 is 1.11 bits per heavy atom.